The highest BCUT2D eigenvalue weighted by molar-refractivity contribution is 14.0. The molecule has 2 aromatic rings. The predicted octanol–water partition coefficient (Wildman–Crippen LogP) is 4.04. The molecule has 8 heteroatoms. The van der Waals surface area contributed by atoms with Crippen molar-refractivity contribution in [3.05, 3.63) is 47.5 Å². The minimum absolute atomic E-state index is 0. The van der Waals surface area contributed by atoms with Gasteiger partial charge in [-0.1, -0.05) is 11.6 Å². The molecule has 0 heterocycles. The summed E-state index contributed by atoms with van der Waals surface area (Å²) in [5, 5.41) is 7.06. The first-order valence-electron chi connectivity index (χ1n) is 7.74. The molecule has 0 bridgehead atoms. The number of guanidine groups is 1. The number of methoxy groups -OCH3 is 2. The average Bonchev–Trinajstić information content (AvgIpc) is 2.65. The van der Waals surface area contributed by atoms with E-state index < -0.39 is 0 Å². The fourth-order valence-corrected chi connectivity index (χ4v) is 2.22. The van der Waals surface area contributed by atoms with Crippen LogP contribution in [0, 0.1) is 0 Å². The van der Waals surface area contributed by atoms with Crippen LogP contribution in [0.2, 0.25) is 5.02 Å². The lowest BCUT2D eigenvalue weighted by Gasteiger charge is -2.14. The van der Waals surface area contributed by atoms with Crippen LogP contribution in [0.25, 0.3) is 0 Å². The van der Waals surface area contributed by atoms with E-state index in [-0.39, 0.29) is 24.0 Å². The fraction of sp³-hybridized carbons (Fsp3) is 0.278. The largest absolute Gasteiger partial charge is 0.493 e. The molecule has 0 aliphatic carbocycles. The topological polar surface area (TPSA) is 64.1 Å². The van der Waals surface area contributed by atoms with E-state index in [0.29, 0.717) is 35.6 Å². The van der Waals surface area contributed by atoms with Crippen LogP contribution in [0.15, 0.2) is 47.5 Å². The van der Waals surface area contributed by atoms with Crippen LogP contribution in [0.4, 0.5) is 5.69 Å². The number of hydrogen-bond donors (Lipinski definition) is 2. The van der Waals surface area contributed by atoms with Gasteiger partial charge in [-0.25, -0.2) is 0 Å². The van der Waals surface area contributed by atoms with Crippen LogP contribution < -0.4 is 24.8 Å². The molecule has 142 valence electrons. The van der Waals surface area contributed by atoms with Crippen molar-refractivity contribution < 1.29 is 14.2 Å². The highest BCUT2D eigenvalue weighted by Crippen LogP contribution is 2.29. The van der Waals surface area contributed by atoms with Crippen molar-refractivity contribution in [1.29, 1.82) is 0 Å². The molecule has 6 nitrogen and oxygen atoms in total. The van der Waals surface area contributed by atoms with Crippen LogP contribution in [-0.4, -0.2) is 40.4 Å². The third-order valence-electron chi connectivity index (χ3n) is 3.35. The highest BCUT2D eigenvalue weighted by Gasteiger charge is 2.06. The molecule has 26 heavy (non-hydrogen) atoms. The number of benzene rings is 2. The van der Waals surface area contributed by atoms with Gasteiger partial charge in [0.15, 0.2) is 17.5 Å². The number of nitrogens with one attached hydrogen (secondary N) is 2. The quantitative estimate of drug-likeness (QED) is 0.265. The Morgan fingerprint density at radius 3 is 2.35 bits per heavy atom. The lowest BCUT2D eigenvalue weighted by molar-refractivity contribution is 0.322. The Balaban J connectivity index is 0.00000338. The van der Waals surface area contributed by atoms with E-state index in [2.05, 4.69) is 15.6 Å². The standard InChI is InChI=1S/C18H22ClN3O3.HI/c1-20-18(21-10-11-25-15-7-4-13(19)5-8-15)22-14-6-9-16(23-2)17(12-14)24-3;/h4-9,12H,10-11H2,1-3H3,(H2,20,21,22);1H. The van der Waals surface area contributed by atoms with Gasteiger partial charge >= 0.3 is 0 Å². The Morgan fingerprint density at radius 1 is 1.04 bits per heavy atom. The molecule has 0 aromatic heterocycles. The Hall–Kier alpha value is -1.87. The maximum atomic E-state index is 5.84. The van der Waals surface area contributed by atoms with E-state index in [4.69, 9.17) is 25.8 Å². The molecule has 0 radical (unpaired) electrons. The molecule has 2 aromatic carbocycles. The summed E-state index contributed by atoms with van der Waals surface area (Å²) >= 11 is 5.84. The summed E-state index contributed by atoms with van der Waals surface area (Å²) in [7, 11) is 4.91. The van der Waals surface area contributed by atoms with Crippen LogP contribution in [0.3, 0.4) is 0 Å². The van der Waals surface area contributed by atoms with Gasteiger partial charge in [0.05, 0.1) is 20.8 Å². The summed E-state index contributed by atoms with van der Waals surface area (Å²) in [5.74, 6) is 2.72. The maximum Gasteiger partial charge on any atom is 0.195 e. The minimum atomic E-state index is 0. The molecule has 2 rings (SSSR count). The molecule has 0 aliphatic heterocycles. The third kappa shape index (κ3) is 6.80. The molecule has 0 saturated heterocycles. The van der Waals surface area contributed by atoms with Crippen LogP contribution in [0.5, 0.6) is 17.2 Å². The SMILES string of the molecule is CN=C(NCCOc1ccc(Cl)cc1)Nc1ccc(OC)c(OC)c1.I. The monoisotopic (exact) mass is 491 g/mol. The molecule has 0 atom stereocenters. The highest BCUT2D eigenvalue weighted by atomic mass is 127. The molecule has 0 fully saturated rings. The number of anilines is 1. The van der Waals surface area contributed by atoms with Crippen molar-refractivity contribution in [2.45, 2.75) is 0 Å². The van der Waals surface area contributed by atoms with Gasteiger partial charge in [-0.2, -0.15) is 0 Å². The number of nitrogens with zero attached hydrogens (tertiary/aromatic N) is 1. The van der Waals surface area contributed by atoms with Crippen LogP contribution in [-0.2, 0) is 0 Å². The smallest absolute Gasteiger partial charge is 0.195 e. The van der Waals surface area contributed by atoms with Crippen molar-refractivity contribution in [2.75, 3.05) is 39.7 Å². The Morgan fingerprint density at radius 2 is 1.73 bits per heavy atom. The fourth-order valence-electron chi connectivity index (χ4n) is 2.10. The maximum absolute atomic E-state index is 5.84. The molecular formula is C18H23ClIN3O3. The summed E-state index contributed by atoms with van der Waals surface area (Å²) in [6, 6.07) is 12.8. The van der Waals surface area contributed by atoms with Crippen LogP contribution in [0.1, 0.15) is 0 Å². The number of aliphatic imine (C=N–C) groups is 1. The van der Waals surface area contributed by atoms with E-state index in [9.17, 15) is 0 Å². The zero-order valence-electron chi connectivity index (χ0n) is 14.9. The van der Waals surface area contributed by atoms with Gasteiger partial charge in [-0.3, -0.25) is 4.99 Å². The number of rotatable bonds is 7. The number of halogens is 2. The molecule has 0 saturated carbocycles. The third-order valence-corrected chi connectivity index (χ3v) is 3.60. The second-order valence-corrected chi connectivity index (χ2v) is 5.43. The van der Waals surface area contributed by atoms with E-state index in [1.54, 1.807) is 33.4 Å². The average molecular weight is 492 g/mol. The van der Waals surface area contributed by atoms with Crippen molar-refractivity contribution in [2.24, 2.45) is 4.99 Å². The zero-order valence-corrected chi connectivity index (χ0v) is 18.0. The minimum Gasteiger partial charge on any atom is -0.493 e. The first-order chi connectivity index (χ1) is 12.2. The van der Waals surface area contributed by atoms with Crippen molar-refractivity contribution in [1.82, 2.24) is 5.32 Å². The molecule has 0 unspecified atom stereocenters. The van der Waals surface area contributed by atoms with E-state index in [1.807, 2.05) is 30.3 Å². The zero-order chi connectivity index (χ0) is 18.1. The van der Waals surface area contributed by atoms with Gasteiger partial charge in [-0.15, -0.1) is 24.0 Å². The van der Waals surface area contributed by atoms with Crippen LogP contribution >= 0.6 is 35.6 Å². The molecule has 0 aliphatic rings. The molecule has 0 amide bonds. The number of ether oxygens (including phenoxy) is 3. The Kier molecular flexibility index (Phi) is 9.97. The molecule has 2 N–H and O–H groups in total. The van der Waals surface area contributed by atoms with E-state index >= 15 is 0 Å². The molecular weight excluding hydrogens is 469 g/mol. The van der Waals surface area contributed by atoms with Gasteiger partial charge in [-0.05, 0) is 36.4 Å². The van der Waals surface area contributed by atoms with Gasteiger partial charge < -0.3 is 24.8 Å². The van der Waals surface area contributed by atoms with Gasteiger partial charge in [0.2, 0.25) is 0 Å². The van der Waals surface area contributed by atoms with Crippen molar-refractivity contribution in [3.63, 3.8) is 0 Å². The summed E-state index contributed by atoms with van der Waals surface area (Å²) in [4.78, 5) is 4.19. The van der Waals surface area contributed by atoms with Crippen molar-refractivity contribution >= 4 is 47.2 Å². The van der Waals surface area contributed by atoms with Gasteiger partial charge in [0, 0.05) is 23.8 Å². The Labute approximate surface area is 175 Å². The normalized spacial score (nSPS) is 10.5. The summed E-state index contributed by atoms with van der Waals surface area (Å²) in [6.45, 7) is 1.09. The first-order valence-corrected chi connectivity index (χ1v) is 8.12. The molecule has 0 spiro atoms. The van der Waals surface area contributed by atoms with Gasteiger partial charge in [0.1, 0.15) is 12.4 Å². The summed E-state index contributed by atoms with van der Waals surface area (Å²) in [6.07, 6.45) is 0. The summed E-state index contributed by atoms with van der Waals surface area (Å²) < 4.78 is 16.2. The summed E-state index contributed by atoms with van der Waals surface area (Å²) in [5.41, 5.74) is 0.837. The lowest BCUT2D eigenvalue weighted by atomic mass is 10.3. The lowest BCUT2D eigenvalue weighted by Crippen LogP contribution is -2.33. The second kappa shape index (κ2) is 11.7. The van der Waals surface area contributed by atoms with Crippen molar-refractivity contribution in [3.8, 4) is 17.2 Å². The van der Waals surface area contributed by atoms with E-state index in [1.165, 1.54) is 0 Å². The first kappa shape index (κ1) is 22.2. The second-order valence-electron chi connectivity index (χ2n) is 5.00. The Bertz CT molecular complexity index is 711. The van der Waals surface area contributed by atoms with Gasteiger partial charge in [0.25, 0.3) is 0 Å². The predicted molar refractivity (Wildman–Crippen MR) is 117 cm³/mol. The van der Waals surface area contributed by atoms with E-state index in [0.717, 1.165) is 11.4 Å². The number of hydrogen-bond acceptors (Lipinski definition) is 4.